The Morgan fingerprint density at radius 3 is 2.64 bits per heavy atom. The first-order chi connectivity index (χ1) is 13.1. The van der Waals surface area contributed by atoms with Crippen LogP contribution in [0.4, 0.5) is 4.79 Å². The van der Waals surface area contributed by atoms with Crippen molar-refractivity contribution < 1.29 is 9.53 Å². The molecule has 5 nitrogen and oxygen atoms in total. The molecule has 7 heteroatoms. The number of imidazole rings is 1. The molecule has 1 aromatic heterocycles. The van der Waals surface area contributed by atoms with Gasteiger partial charge in [0.2, 0.25) is 0 Å². The van der Waals surface area contributed by atoms with Crippen molar-refractivity contribution >= 4 is 44.6 Å². The number of nitrogens with zero attached hydrogens (tertiary/aromatic N) is 2. The number of ether oxygens (including phenoxy) is 1. The molecule has 28 heavy (non-hydrogen) atoms. The monoisotopic (exact) mass is 555 g/mol. The summed E-state index contributed by atoms with van der Waals surface area (Å²) in [6, 6.07) is 7.73. The maximum Gasteiger partial charge on any atom is 0.410 e. The van der Waals surface area contributed by atoms with Gasteiger partial charge in [-0.2, -0.15) is 0 Å². The lowest BCUT2D eigenvalue weighted by atomic mass is 10.1. The number of hydrogen-bond donors (Lipinski definition) is 1. The molecule has 0 bridgehead atoms. The summed E-state index contributed by atoms with van der Waals surface area (Å²) in [5.41, 5.74) is 1.18. The van der Waals surface area contributed by atoms with E-state index >= 15 is 0 Å². The average Bonchev–Trinajstić information content (AvgIpc) is 3.16. The topological polar surface area (TPSA) is 58.2 Å². The summed E-state index contributed by atoms with van der Waals surface area (Å²) >= 11 is 5.61. The number of halogens is 2. The minimum atomic E-state index is -0.521. The number of carbonyl (C=O) groups is 1. The first kappa shape index (κ1) is 21.2. The fraction of sp³-hybridized carbons (Fsp3) is 0.429. The molecule has 2 atom stereocenters. The van der Waals surface area contributed by atoms with Gasteiger partial charge in [0.25, 0.3) is 0 Å². The van der Waals surface area contributed by atoms with Gasteiger partial charge in [0.1, 0.15) is 20.8 Å². The van der Waals surface area contributed by atoms with Gasteiger partial charge < -0.3 is 9.72 Å². The van der Waals surface area contributed by atoms with Gasteiger partial charge in [0, 0.05) is 16.6 Å². The molecule has 0 unspecified atom stereocenters. The Labute approximate surface area is 187 Å². The van der Waals surface area contributed by atoms with Crippen LogP contribution >= 0.6 is 38.5 Å². The first-order valence-electron chi connectivity index (χ1n) is 9.15. The highest BCUT2D eigenvalue weighted by Gasteiger charge is 2.38. The lowest BCUT2D eigenvalue weighted by Crippen LogP contribution is -2.37. The second-order valence-corrected chi connectivity index (χ2v) is 9.97. The maximum atomic E-state index is 12.6. The quantitative estimate of drug-likeness (QED) is 0.374. The molecule has 1 aliphatic rings. The number of rotatable bonds is 1. The summed E-state index contributed by atoms with van der Waals surface area (Å²) in [4.78, 5) is 22.4. The van der Waals surface area contributed by atoms with Crippen LogP contribution in [0.1, 0.15) is 57.2 Å². The smallest absolute Gasteiger partial charge is 0.410 e. The Morgan fingerprint density at radius 1 is 1.32 bits per heavy atom. The van der Waals surface area contributed by atoms with E-state index in [4.69, 9.17) is 4.74 Å². The standard InChI is InChI=1S/C21H23BrIN3O2/c1-13-11-17(26(12-13)20(27)28-21(2,3)4)19-24-16(18(23)25-19)10-7-14-5-8-15(22)9-6-14/h5-6,8-9,13,17H,11-12H2,1-4H3,(H,24,25)/t13-,17-/m0/s1. The van der Waals surface area contributed by atoms with Gasteiger partial charge >= 0.3 is 6.09 Å². The van der Waals surface area contributed by atoms with Crippen LogP contribution in [0, 0.1) is 21.5 Å². The molecular weight excluding hydrogens is 533 g/mol. The van der Waals surface area contributed by atoms with Gasteiger partial charge in [-0.15, -0.1) is 0 Å². The summed E-state index contributed by atoms with van der Waals surface area (Å²) in [5.74, 6) is 7.47. The van der Waals surface area contributed by atoms with E-state index in [0.717, 1.165) is 31.7 Å². The summed E-state index contributed by atoms with van der Waals surface area (Å²) in [7, 11) is 0. The zero-order valence-electron chi connectivity index (χ0n) is 16.3. The number of nitrogens with one attached hydrogen (secondary N) is 1. The van der Waals surface area contributed by atoms with E-state index in [0.29, 0.717) is 12.5 Å². The molecule has 1 fully saturated rings. The van der Waals surface area contributed by atoms with Crippen molar-refractivity contribution in [1.82, 2.24) is 14.9 Å². The van der Waals surface area contributed by atoms with Crippen molar-refractivity contribution in [3.05, 3.63) is 49.5 Å². The number of benzene rings is 1. The number of H-pyrrole nitrogens is 1. The lowest BCUT2D eigenvalue weighted by molar-refractivity contribution is 0.0214. The zero-order chi connectivity index (χ0) is 20.5. The van der Waals surface area contributed by atoms with Crippen LogP contribution in [0.2, 0.25) is 0 Å². The Kier molecular flexibility index (Phi) is 6.40. The Morgan fingerprint density at radius 2 is 2.00 bits per heavy atom. The highest BCUT2D eigenvalue weighted by molar-refractivity contribution is 14.1. The number of carbonyl (C=O) groups excluding carboxylic acids is 1. The molecule has 2 heterocycles. The second-order valence-electron chi connectivity index (χ2n) is 8.03. The van der Waals surface area contributed by atoms with Crippen molar-refractivity contribution in [3.63, 3.8) is 0 Å². The van der Waals surface area contributed by atoms with Crippen LogP contribution in [0.3, 0.4) is 0 Å². The van der Waals surface area contributed by atoms with Crippen molar-refractivity contribution in [1.29, 1.82) is 0 Å². The molecule has 1 aliphatic heterocycles. The SMILES string of the molecule is C[C@H]1C[C@@H](c2nc(I)c(C#Cc3ccc(Br)cc3)[nH]2)N(C(=O)OC(C)(C)C)C1. The molecule has 0 spiro atoms. The number of aromatic amines is 1. The summed E-state index contributed by atoms with van der Waals surface area (Å²) in [6.45, 7) is 8.44. The molecule has 1 N–H and O–H groups in total. The minimum Gasteiger partial charge on any atom is -0.444 e. The van der Waals surface area contributed by atoms with Crippen molar-refractivity contribution in [2.45, 2.75) is 45.8 Å². The molecule has 2 aromatic rings. The van der Waals surface area contributed by atoms with Gasteiger partial charge in [-0.05, 0) is 85.9 Å². The first-order valence-corrected chi connectivity index (χ1v) is 11.0. The van der Waals surface area contributed by atoms with Crippen molar-refractivity contribution in [2.24, 2.45) is 5.92 Å². The molecule has 148 valence electrons. The summed E-state index contributed by atoms with van der Waals surface area (Å²) in [6.07, 6.45) is 0.554. The van der Waals surface area contributed by atoms with E-state index in [2.05, 4.69) is 67.3 Å². The van der Waals surface area contributed by atoms with Crippen LogP contribution in [-0.2, 0) is 4.74 Å². The van der Waals surface area contributed by atoms with Crippen LogP contribution < -0.4 is 0 Å². The minimum absolute atomic E-state index is 0.124. The van der Waals surface area contributed by atoms with E-state index in [1.165, 1.54) is 0 Å². The molecule has 1 saturated heterocycles. The van der Waals surface area contributed by atoms with E-state index < -0.39 is 5.60 Å². The highest BCUT2D eigenvalue weighted by Crippen LogP contribution is 2.35. The highest BCUT2D eigenvalue weighted by atomic mass is 127. The van der Waals surface area contributed by atoms with E-state index in [1.54, 1.807) is 4.90 Å². The molecule has 0 saturated carbocycles. The number of aromatic nitrogens is 2. The van der Waals surface area contributed by atoms with Crippen LogP contribution in [0.5, 0.6) is 0 Å². The van der Waals surface area contributed by atoms with Crippen LogP contribution in [0.15, 0.2) is 28.7 Å². The van der Waals surface area contributed by atoms with Crippen molar-refractivity contribution in [3.8, 4) is 11.8 Å². The number of hydrogen-bond acceptors (Lipinski definition) is 3. The molecule has 0 aliphatic carbocycles. The van der Waals surface area contributed by atoms with Crippen LogP contribution in [0.25, 0.3) is 0 Å². The third-order valence-corrected chi connectivity index (χ3v) is 5.62. The molecular formula is C21H23BrIN3O2. The average molecular weight is 556 g/mol. The third kappa shape index (κ3) is 5.29. The largest absolute Gasteiger partial charge is 0.444 e. The fourth-order valence-electron chi connectivity index (χ4n) is 3.11. The molecule has 0 radical (unpaired) electrons. The Bertz CT molecular complexity index is 922. The summed E-state index contributed by atoms with van der Waals surface area (Å²) < 4.78 is 7.41. The van der Waals surface area contributed by atoms with Gasteiger partial charge in [-0.25, -0.2) is 9.78 Å². The lowest BCUT2D eigenvalue weighted by Gasteiger charge is -2.27. The molecule has 1 amide bonds. The van der Waals surface area contributed by atoms with E-state index in [1.807, 2.05) is 45.0 Å². The van der Waals surface area contributed by atoms with Gasteiger partial charge in [0.05, 0.1) is 6.04 Å². The maximum absolute atomic E-state index is 12.6. The second kappa shape index (κ2) is 8.46. The summed E-state index contributed by atoms with van der Waals surface area (Å²) in [5, 5.41) is 0. The third-order valence-electron chi connectivity index (χ3n) is 4.31. The fourth-order valence-corrected chi connectivity index (χ4v) is 3.90. The predicted molar refractivity (Wildman–Crippen MR) is 121 cm³/mol. The Balaban J connectivity index is 1.82. The number of amides is 1. The zero-order valence-corrected chi connectivity index (χ0v) is 20.1. The molecule has 1 aromatic carbocycles. The molecule has 3 rings (SSSR count). The number of likely N-dealkylation sites (tertiary alicyclic amines) is 1. The van der Waals surface area contributed by atoms with E-state index in [9.17, 15) is 4.79 Å². The predicted octanol–water partition coefficient (Wildman–Crippen LogP) is 5.49. The van der Waals surface area contributed by atoms with Gasteiger partial charge in [-0.1, -0.05) is 28.8 Å². The van der Waals surface area contributed by atoms with Gasteiger partial charge in [0.15, 0.2) is 0 Å². The Hall–Kier alpha value is -1.53. The van der Waals surface area contributed by atoms with Gasteiger partial charge in [-0.3, -0.25) is 4.90 Å². The van der Waals surface area contributed by atoms with Crippen molar-refractivity contribution in [2.75, 3.05) is 6.54 Å². The normalized spacial score (nSPS) is 19.3. The van der Waals surface area contributed by atoms with Crippen LogP contribution in [-0.4, -0.2) is 33.1 Å². The van der Waals surface area contributed by atoms with E-state index in [-0.39, 0.29) is 12.1 Å².